The van der Waals surface area contributed by atoms with Crippen LogP contribution in [-0.4, -0.2) is 30.1 Å². The van der Waals surface area contributed by atoms with Crippen molar-refractivity contribution in [1.29, 1.82) is 0 Å². The van der Waals surface area contributed by atoms with Crippen molar-refractivity contribution >= 4 is 29.9 Å². The number of fused-ring (bicyclic) bond motifs is 1. The molecule has 1 aromatic carbocycles. The van der Waals surface area contributed by atoms with E-state index in [1.807, 2.05) is 30.5 Å². The first-order valence-corrected chi connectivity index (χ1v) is 8.71. The van der Waals surface area contributed by atoms with E-state index in [4.69, 9.17) is 4.74 Å². The predicted molar refractivity (Wildman–Crippen MR) is 116 cm³/mol. The lowest BCUT2D eigenvalue weighted by molar-refractivity contribution is 0.0694. The van der Waals surface area contributed by atoms with Crippen LogP contribution in [0.1, 0.15) is 37.4 Å². The van der Waals surface area contributed by atoms with Gasteiger partial charge >= 0.3 is 0 Å². The maximum absolute atomic E-state index is 6.10. The molecule has 1 unspecified atom stereocenters. The lowest BCUT2D eigenvalue weighted by atomic mass is 9.90. The Morgan fingerprint density at radius 3 is 2.81 bits per heavy atom. The molecule has 3 rings (SSSR count). The Morgan fingerprint density at radius 1 is 1.27 bits per heavy atom. The van der Waals surface area contributed by atoms with Gasteiger partial charge in [-0.15, -0.1) is 24.0 Å². The second-order valence-electron chi connectivity index (χ2n) is 6.91. The Bertz CT molecular complexity index is 734. The molecule has 2 aromatic rings. The SMILES string of the molecule is CN=C(NCCc1cccnc1)NC1CC(C)(C)Oc2ccccc21.I. The maximum atomic E-state index is 6.10. The van der Waals surface area contributed by atoms with Gasteiger partial charge in [0.15, 0.2) is 5.96 Å². The van der Waals surface area contributed by atoms with Crippen molar-refractivity contribution in [1.82, 2.24) is 15.6 Å². The Balaban J connectivity index is 0.00000243. The van der Waals surface area contributed by atoms with E-state index in [9.17, 15) is 0 Å². The Labute approximate surface area is 172 Å². The average Bonchev–Trinajstić information content (AvgIpc) is 2.60. The van der Waals surface area contributed by atoms with Gasteiger partial charge in [-0.3, -0.25) is 9.98 Å². The first kappa shape index (κ1) is 20.5. The second-order valence-corrected chi connectivity index (χ2v) is 6.91. The fourth-order valence-corrected chi connectivity index (χ4v) is 3.16. The minimum Gasteiger partial charge on any atom is -0.487 e. The summed E-state index contributed by atoms with van der Waals surface area (Å²) in [6, 6.07) is 12.4. The van der Waals surface area contributed by atoms with E-state index < -0.39 is 0 Å². The third-order valence-electron chi connectivity index (χ3n) is 4.34. The van der Waals surface area contributed by atoms with Crippen LogP contribution < -0.4 is 15.4 Å². The van der Waals surface area contributed by atoms with Gasteiger partial charge in [-0.2, -0.15) is 0 Å². The van der Waals surface area contributed by atoms with Crippen LogP contribution in [0.2, 0.25) is 0 Å². The molecule has 1 atom stereocenters. The topological polar surface area (TPSA) is 58.5 Å². The van der Waals surface area contributed by atoms with Crippen LogP contribution in [0.3, 0.4) is 0 Å². The molecule has 2 N–H and O–H groups in total. The number of aromatic nitrogens is 1. The smallest absolute Gasteiger partial charge is 0.191 e. The average molecular weight is 466 g/mol. The van der Waals surface area contributed by atoms with Crippen molar-refractivity contribution in [3.8, 4) is 5.75 Å². The number of nitrogens with zero attached hydrogens (tertiary/aromatic N) is 2. The van der Waals surface area contributed by atoms with Crippen molar-refractivity contribution in [2.45, 2.75) is 38.3 Å². The fourth-order valence-electron chi connectivity index (χ4n) is 3.16. The third kappa shape index (κ3) is 5.33. The number of ether oxygens (including phenoxy) is 1. The van der Waals surface area contributed by atoms with Crippen LogP contribution in [-0.2, 0) is 6.42 Å². The lowest BCUT2D eigenvalue weighted by Gasteiger charge is -2.38. The molecule has 1 aliphatic heterocycles. The van der Waals surface area contributed by atoms with Gasteiger partial charge in [0, 0.05) is 38.0 Å². The zero-order valence-corrected chi connectivity index (χ0v) is 17.9. The monoisotopic (exact) mass is 466 g/mol. The Kier molecular flexibility index (Phi) is 7.25. The van der Waals surface area contributed by atoms with E-state index in [-0.39, 0.29) is 35.6 Å². The van der Waals surface area contributed by atoms with Crippen molar-refractivity contribution in [2.75, 3.05) is 13.6 Å². The molecule has 2 heterocycles. The highest BCUT2D eigenvalue weighted by molar-refractivity contribution is 14.0. The van der Waals surface area contributed by atoms with E-state index >= 15 is 0 Å². The van der Waals surface area contributed by atoms with E-state index in [0.717, 1.165) is 31.1 Å². The number of nitrogens with one attached hydrogen (secondary N) is 2. The summed E-state index contributed by atoms with van der Waals surface area (Å²) < 4.78 is 6.10. The van der Waals surface area contributed by atoms with Gasteiger partial charge in [-0.1, -0.05) is 24.3 Å². The molecule has 0 radical (unpaired) electrons. The van der Waals surface area contributed by atoms with Crippen LogP contribution in [0.15, 0.2) is 53.8 Å². The second kappa shape index (κ2) is 9.21. The summed E-state index contributed by atoms with van der Waals surface area (Å²) in [5.41, 5.74) is 2.18. The van der Waals surface area contributed by atoms with E-state index in [1.165, 1.54) is 11.1 Å². The normalized spacial score (nSPS) is 18.1. The Morgan fingerprint density at radius 2 is 2.08 bits per heavy atom. The molecule has 5 nitrogen and oxygen atoms in total. The van der Waals surface area contributed by atoms with Crippen molar-refractivity contribution in [3.05, 3.63) is 59.9 Å². The minimum atomic E-state index is -0.208. The molecule has 0 saturated heterocycles. The molecule has 1 aromatic heterocycles. The maximum Gasteiger partial charge on any atom is 0.191 e. The van der Waals surface area contributed by atoms with Gasteiger partial charge in [-0.25, -0.2) is 0 Å². The number of para-hydroxylation sites is 1. The number of hydrogen-bond donors (Lipinski definition) is 2. The molecule has 0 bridgehead atoms. The van der Waals surface area contributed by atoms with Gasteiger partial charge in [0.25, 0.3) is 0 Å². The summed E-state index contributed by atoms with van der Waals surface area (Å²) in [5.74, 6) is 1.75. The zero-order valence-electron chi connectivity index (χ0n) is 15.5. The van der Waals surface area contributed by atoms with Crippen LogP contribution in [0.4, 0.5) is 0 Å². The van der Waals surface area contributed by atoms with E-state index in [1.54, 1.807) is 13.2 Å². The van der Waals surface area contributed by atoms with Gasteiger partial charge in [-0.05, 0) is 38.0 Å². The van der Waals surface area contributed by atoms with Crippen LogP contribution in [0.5, 0.6) is 5.75 Å². The number of aliphatic imine (C=N–C) groups is 1. The number of halogens is 1. The van der Waals surface area contributed by atoms with Gasteiger partial charge < -0.3 is 15.4 Å². The summed E-state index contributed by atoms with van der Waals surface area (Å²) in [5, 5.41) is 6.94. The van der Waals surface area contributed by atoms with E-state index in [0.29, 0.717) is 0 Å². The quantitative estimate of drug-likeness (QED) is 0.410. The first-order chi connectivity index (χ1) is 12.1. The lowest BCUT2D eigenvalue weighted by Crippen LogP contribution is -2.45. The number of hydrogen-bond acceptors (Lipinski definition) is 3. The molecule has 0 aliphatic carbocycles. The number of benzene rings is 1. The highest BCUT2D eigenvalue weighted by Crippen LogP contribution is 2.39. The van der Waals surface area contributed by atoms with Crippen molar-refractivity contribution < 1.29 is 4.74 Å². The number of rotatable bonds is 4. The van der Waals surface area contributed by atoms with Crippen molar-refractivity contribution in [2.24, 2.45) is 4.99 Å². The Hall–Kier alpha value is -1.83. The number of guanidine groups is 1. The molecular weight excluding hydrogens is 439 g/mol. The highest BCUT2D eigenvalue weighted by atomic mass is 127. The van der Waals surface area contributed by atoms with Crippen LogP contribution in [0.25, 0.3) is 0 Å². The summed E-state index contributed by atoms with van der Waals surface area (Å²) in [6.45, 7) is 5.05. The highest BCUT2D eigenvalue weighted by Gasteiger charge is 2.33. The number of pyridine rings is 1. The minimum absolute atomic E-state index is 0. The summed E-state index contributed by atoms with van der Waals surface area (Å²) in [6.07, 6.45) is 5.48. The first-order valence-electron chi connectivity index (χ1n) is 8.71. The molecule has 6 heteroatoms. The van der Waals surface area contributed by atoms with E-state index in [2.05, 4.69) is 46.6 Å². The van der Waals surface area contributed by atoms with Crippen LogP contribution in [0, 0.1) is 0 Å². The molecule has 140 valence electrons. The molecular formula is C20H27IN4O. The van der Waals surface area contributed by atoms with Gasteiger partial charge in [0.2, 0.25) is 0 Å². The molecule has 26 heavy (non-hydrogen) atoms. The van der Waals surface area contributed by atoms with Gasteiger partial charge in [0.1, 0.15) is 11.4 Å². The predicted octanol–water partition coefficient (Wildman–Crippen LogP) is 3.71. The standard InChI is InChI=1S/C20H26N4O.HI/c1-20(2)13-17(16-8-4-5-9-18(16)25-20)24-19(21-3)23-12-10-15-7-6-11-22-14-15;/h4-9,11,14,17H,10,12-13H2,1-3H3,(H2,21,23,24);1H. The molecule has 0 fully saturated rings. The van der Waals surface area contributed by atoms with Gasteiger partial charge in [0.05, 0.1) is 6.04 Å². The van der Waals surface area contributed by atoms with Crippen LogP contribution >= 0.6 is 24.0 Å². The zero-order chi connectivity index (χ0) is 17.7. The fraction of sp³-hybridized carbons (Fsp3) is 0.400. The van der Waals surface area contributed by atoms with Crippen molar-refractivity contribution in [3.63, 3.8) is 0 Å². The molecule has 0 spiro atoms. The summed E-state index contributed by atoms with van der Waals surface area (Å²) in [4.78, 5) is 8.52. The summed E-state index contributed by atoms with van der Waals surface area (Å²) in [7, 11) is 1.80. The molecule has 0 saturated carbocycles. The summed E-state index contributed by atoms with van der Waals surface area (Å²) >= 11 is 0. The third-order valence-corrected chi connectivity index (χ3v) is 4.34. The molecule has 1 aliphatic rings. The molecule has 0 amide bonds. The largest absolute Gasteiger partial charge is 0.487 e.